The second kappa shape index (κ2) is 17.0. The Labute approximate surface area is 356 Å². The molecule has 8 N–H and O–H groups in total. The standard InChI is InChI=1S/C44H50N8O10/c1-4-44(62-43(57)59-19-23-10-12-25(13-11-23)49-38(53)30(9-6-14-48-42(46)47)51-39(54)36(45)22(2)3)29-16-32-37-27(18-52(32)40(55)28(29)20-58-41(44)56)35(24-7-5-8-24)26-15-33-34(61-21-60-33)17-31(26)50-37/h10-13,15-17,22,24,30,36H,4-9,14,18-21,45H2,1-3H3,(H,49,53)(H,51,54)(H4,46,47,48)/t30-,36-,44-/m0/s1. The van der Waals surface area contributed by atoms with Crippen molar-refractivity contribution in [2.75, 3.05) is 18.7 Å². The second-order valence-electron chi connectivity index (χ2n) is 16.4. The Morgan fingerprint density at radius 2 is 1.77 bits per heavy atom. The van der Waals surface area contributed by atoms with Crippen molar-refractivity contribution in [3.05, 3.63) is 80.6 Å². The highest BCUT2D eigenvalue weighted by Crippen LogP contribution is 2.49. The minimum Gasteiger partial charge on any atom is -0.457 e. The number of esters is 1. The van der Waals surface area contributed by atoms with Crippen molar-refractivity contribution in [1.29, 1.82) is 5.41 Å². The molecule has 5 heterocycles. The molecule has 0 spiro atoms. The third kappa shape index (κ3) is 7.85. The van der Waals surface area contributed by atoms with Crippen LogP contribution in [0.4, 0.5) is 10.5 Å². The molecule has 4 aromatic rings. The van der Waals surface area contributed by atoms with E-state index in [4.69, 9.17) is 45.5 Å². The smallest absolute Gasteiger partial charge is 0.457 e. The second-order valence-corrected chi connectivity index (χ2v) is 16.4. The Hall–Kier alpha value is -6.69. The third-order valence-electron chi connectivity index (χ3n) is 12.2. The lowest BCUT2D eigenvalue weighted by Crippen LogP contribution is -2.51. The molecule has 18 nitrogen and oxygen atoms in total. The number of nitrogens with two attached hydrogens (primary N) is 2. The molecule has 0 unspecified atom stereocenters. The van der Waals surface area contributed by atoms with Crippen LogP contribution in [0.3, 0.4) is 0 Å². The van der Waals surface area contributed by atoms with Gasteiger partial charge in [0.2, 0.25) is 24.2 Å². The maximum atomic E-state index is 14.3. The van der Waals surface area contributed by atoms with E-state index < -0.39 is 41.6 Å². The van der Waals surface area contributed by atoms with Gasteiger partial charge >= 0.3 is 12.1 Å². The number of pyridine rings is 2. The number of nitrogens with zero attached hydrogens (tertiary/aromatic N) is 2. The molecule has 2 aromatic heterocycles. The van der Waals surface area contributed by atoms with E-state index in [0.717, 1.165) is 35.8 Å². The van der Waals surface area contributed by atoms with Gasteiger partial charge in [-0.1, -0.05) is 39.3 Å². The first-order chi connectivity index (χ1) is 29.8. The highest BCUT2D eigenvalue weighted by Gasteiger charge is 2.51. The number of anilines is 1. The van der Waals surface area contributed by atoms with Crippen LogP contribution in [-0.4, -0.2) is 64.9 Å². The van der Waals surface area contributed by atoms with Gasteiger partial charge in [-0.25, -0.2) is 14.6 Å². The summed E-state index contributed by atoms with van der Waals surface area (Å²) in [7, 11) is 0. The van der Waals surface area contributed by atoms with Crippen molar-refractivity contribution in [3.63, 3.8) is 0 Å². The number of hydrogen-bond acceptors (Lipinski definition) is 13. The van der Waals surface area contributed by atoms with Gasteiger partial charge in [-0.3, -0.25) is 19.8 Å². The molecule has 2 amide bonds. The van der Waals surface area contributed by atoms with E-state index in [-0.39, 0.29) is 61.4 Å². The zero-order valence-electron chi connectivity index (χ0n) is 34.8. The lowest BCUT2D eigenvalue weighted by Gasteiger charge is -2.35. The molecule has 18 heteroatoms. The molecule has 0 bridgehead atoms. The van der Waals surface area contributed by atoms with Gasteiger partial charge in [-0.15, -0.1) is 0 Å². The first-order valence-corrected chi connectivity index (χ1v) is 20.9. The van der Waals surface area contributed by atoms with Crippen molar-refractivity contribution in [2.24, 2.45) is 17.4 Å². The van der Waals surface area contributed by atoms with E-state index in [9.17, 15) is 24.0 Å². The molecule has 1 fully saturated rings. The molecule has 0 radical (unpaired) electrons. The van der Waals surface area contributed by atoms with Crippen molar-refractivity contribution in [1.82, 2.24) is 20.2 Å². The number of carbonyl (C=O) groups excluding carboxylic acids is 4. The SMILES string of the molecule is CC[C@@]1(OC(=O)OCc2ccc(NC(=O)[C@H](CCCNC(=N)N)NC(=O)[C@@H](N)C(C)C)cc2)C(=O)OCc2c1cc1n(c2=O)Cc2c-1nc1cc3c(cc1c2C1CCC1)OCO3. The summed E-state index contributed by atoms with van der Waals surface area (Å²) in [4.78, 5) is 72.5. The largest absolute Gasteiger partial charge is 0.510 e. The number of fused-ring (bicyclic) bond motifs is 6. The molecule has 1 aliphatic carbocycles. The first kappa shape index (κ1) is 42.0. The predicted molar refractivity (Wildman–Crippen MR) is 225 cm³/mol. The highest BCUT2D eigenvalue weighted by atomic mass is 16.7. The van der Waals surface area contributed by atoms with Crippen LogP contribution >= 0.6 is 0 Å². The maximum absolute atomic E-state index is 14.3. The summed E-state index contributed by atoms with van der Waals surface area (Å²) in [5.41, 5.74) is 14.4. The zero-order chi connectivity index (χ0) is 43.9. The molecule has 8 rings (SSSR count). The Morgan fingerprint density at radius 1 is 1.03 bits per heavy atom. The summed E-state index contributed by atoms with van der Waals surface area (Å²) < 4.78 is 29.9. The number of carbonyl (C=O) groups is 4. The molecule has 326 valence electrons. The molecule has 3 aliphatic heterocycles. The number of guanidine groups is 1. The van der Waals surface area contributed by atoms with Gasteiger partial charge in [0.25, 0.3) is 5.56 Å². The Balaban J connectivity index is 0.983. The summed E-state index contributed by atoms with van der Waals surface area (Å²) in [6, 6.07) is 10.3. The predicted octanol–water partition coefficient (Wildman–Crippen LogP) is 4.11. The van der Waals surface area contributed by atoms with Crippen LogP contribution in [0.1, 0.15) is 93.0 Å². The molecule has 4 aliphatic rings. The Morgan fingerprint density at radius 3 is 2.45 bits per heavy atom. The van der Waals surface area contributed by atoms with E-state index in [1.807, 2.05) is 12.1 Å². The van der Waals surface area contributed by atoms with Crippen LogP contribution in [0.5, 0.6) is 11.5 Å². The lowest BCUT2D eigenvalue weighted by atomic mass is 9.76. The summed E-state index contributed by atoms with van der Waals surface area (Å²) in [5.74, 6) is -0.563. The molecular formula is C44H50N8O10. The topological polar surface area (TPSA) is 261 Å². The fourth-order valence-corrected chi connectivity index (χ4v) is 8.42. The van der Waals surface area contributed by atoms with E-state index in [0.29, 0.717) is 65.1 Å². The third-order valence-corrected chi connectivity index (χ3v) is 12.2. The molecule has 62 heavy (non-hydrogen) atoms. The van der Waals surface area contributed by atoms with Crippen molar-refractivity contribution >= 4 is 46.5 Å². The van der Waals surface area contributed by atoms with Gasteiger partial charge in [0.05, 0.1) is 35.1 Å². The molecular weight excluding hydrogens is 801 g/mol. The first-order valence-electron chi connectivity index (χ1n) is 20.9. The minimum atomic E-state index is -1.97. The van der Waals surface area contributed by atoms with E-state index in [1.54, 1.807) is 55.7 Å². The number of amides is 2. The molecule has 1 saturated carbocycles. The van der Waals surface area contributed by atoms with Gasteiger partial charge in [0.15, 0.2) is 17.5 Å². The van der Waals surface area contributed by atoms with Crippen LogP contribution in [0.15, 0.2) is 47.3 Å². The van der Waals surface area contributed by atoms with E-state index in [1.165, 1.54) is 0 Å². The highest BCUT2D eigenvalue weighted by molar-refractivity contribution is 5.98. The summed E-state index contributed by atoms with van der Waals surface area (Å²) in [6.45, 7) is 5.49. The number of rotatable bonds is 14. The lowest BCUT2D eigenvalue weighted by molar-refractivity contribution is -0.175. The van der Waals surface area contributed by atoms with Crippen LogP contribution in [0, 0.1) is 11.3 Å². The van der Waals surface area contributed by atoms with Crippen LogP contribution in [-0.2, 0) is 54.0 Å². The monoisotopic (exact) mass is 850 g/mol. The quantitative estimate of drug-likeness (QED) is 0.0398. The Kier molecular flexibility index (Phi) is 11.5. The summed E-state index contributed by atoms with van der Waals surface area (Å²) in [6.07, 6.45) is 2.61. The van der Waals surface area contributed by atoms with Crippen LogP contribution < -0.4 is 42.5 Å². The van der Waals surface area contributed by atoms with Crippen molar-refractivity contribution < 1.29 is 42.9 Å². The fourth-order valence-electron chi connectivity index (χ4n) is 8.42. The maximum Gasteiger partial charge on any atom is 0.510 e. The fraction of sp³-hybridized carbons (Fsp3) is 0.432. The van der Waals surface area contributed by atoms with Gasteiger partial charge < -0.3 is 55.7 Å². The number of nitrogens with one attached hydrogen (secondary N) is 4. The summed E-state index contributed by atoms with van der Waals surface area (Å²) >= 11 is 0. The number of aromatic nitrogens is 2. The number of cyclic esters (lactones) is 1. The van der Waals surface area contributed by atoms with Gasteiger partial charge in [-0.2, -0.15) is 0 Å². The molecule has 0 saturated heterocycles. The average molecular weight is 851 g/mol. The minimum absolute atomic E-state index is 0.0435. The van der Waals surface area contributed by atoms with Crippen LogP contribution in [0.25, 0.3) is 22.3 Å². The van der Waals surface area contributed by atoms with Crippen molar-refractivity contribution in [2.45, 2.75) is 103 Å². The number of hydrogen-bond donors (Lipinski definition) is 6. The number of benzene rings is 2. The van der Waals surface area contributed by atoms with Gasteiger partial charge in [-0.05, 0) is 79.3 Å². The van der Waals surface area contributed by atoms with Gasteiger partial charge in [0, 0.05) is 34.8 Å². The Bertz CT molecular complexity index is 2540. The summed E-state index contributed by atoms with van der Waals surface area (Å²) in [5, 5.41) is 16.5. The van der Waals surface area contributed by atoms with E-state index in [2.05, 4.69) is 16.0 Å². The average Bonchev–Trinajstić information content (AvgIpc) is 3.85. The van der Waals surface area contributed by atoms with Crippen molar-refractivity contribution in [3.8, 4) is 22.9 Å². The molecule has 2 aromatic carbocycles. The zero-order valence-corrected chi connectivity index (χ0v) is 34.8. The normalized spacial score (nSPS) is 18.1. The van der Waals surface area contributed by atoms with Crippen LogP contribution in [0.2, 0.25) is 0 Å². The number of ether oxygens (including phenoxy) is 5. The van der Waals surface area contributed by atoms with E-state index >= 15 is 0 Å². The molecule has 3 atom stereocenters. The van der Waals surface area contributed by atoms with Gasteiger partial charge in [0.1, 0.15) is 19.3 Å².